The molecule has 2 N–H and O–H groups in total. The normalized spacial score (nSPS) is 13.9. The highest BCUT2D eigenvalue weighted by Crippen LogP contribution is 2.31. The van der Waals surface area contributed by atoms with E-state index >= 15 is 0 Å². The van der Waals surface area contributed by atoms with Crippen molar-refractivity contribution in [2.24, 2.45) is 5.41 Å². The molecule has 9 heteroatoms. The molecule has 0 atom stereocenters. The maximum Gasteiger partial charge on any atom is 0.253 e. The average molecular weight is 531 g/mol. The van der Waals surface area contributed by atoms with E-state index in [0.29, 0.717) is 31.0 Å². The summed E-state index contributed by atoms with van der Waals surface area (Å²) in [5, 5.41) is 5.92. The van der Waals surface area contributed by atoms with E-state index < -0.39 is 5.41 Å². The first-order valence-corrected chi connectivity index (χ1v) is 13.3. The molecule has 0 spiro atoms. The Labute approximate surface area is 225 Å². The molecule has 8 nitrogen and oxygen atoms in total. The number of hydrogen-bond donors (Lipinski definition) is 2. The average Bonchev–Trinajstić information content (AvgIpc) is 2.92. The molecule has 202 valence electrons. The van der Waals surface area contributed by atoms with Crippen LogP contribution < -0.4 is 25.2 Å². The number of nitrogens with zero attached hydrogens (tertiary/aromatic N) is 2. The summed E-state index contributed by atoms with van der Waals surface area (Å²) in [6, 6.07) is 13.5. The van der Waals surface area contributed by atoms with Crippen molar-refractivity contribution < 1.29 is 19.1 Å². The van der Waals surface area contributed by atoms with Gasteiger partial charge in [-0.15, -0.1) is 11.6 Å². The van der Waals surface area contributed by atoms with Crippen molar-refractivity contribution >= 4 is 40.5 Å². The van der Waals surface area contributed by atoms with Crippen LogP contribution in [0, 0.1) is 5.41 Å². The van der Waals surface area contributed by atoms with Crippen LogP contribution in [0.5, 0.6) is 5.75 Å². The molecule has 0 bridgehead atoms. The van der Waals surface area contributed by atoms with Gasteiger partial charge in [0.25, 0.3) is 5.91 Å². The van der Waals surface area contributed by atoms with Crippen molar-refractivity contribution in [3.63, 3.8) is 0 Å². The lowest BCUT2D eigenvalue weighted by Gasteiger charge is -2.38. The van der Waals surface area contributed by atoms with Crippen LogP contribution in [0.1, 0.15) is 37.6 Å². The summed E-state index contributed by atoms with van der Waals surface area (Å²) in [4.78, 5) is 30.5. The number of alkyl halides is 1. The topological polar surface area (TPSA) is 83.1 Å². The van der Waals surface area contributed by atoms with E-state index in [1.807, 2.05) is 37.3 Å². The zero-order valence-corrected chi connectivity index (χ0v) is 23.1. The Hall–Kier alpha value is -2.97. The summed E-state index contributed by atoms with van der Waals surface area (Å²) >= 11 is 5.98. The predicted molar refractivity (Wildman–Crippen MR) is 150 cm³/mol. The summed E-state index contributed by atoms with van der Waals surface area (Å²) in [5.74, 6) is 0.679. The number of carbonyl (C=O) groups is 2. The molecule has 0 radical (unpaired) electrons. The quantitative estimate of drug-likeness (QED) is 0.313. The minimum absolute atomic E-state index is 0.175. The maximum atomic E-state index is 13.3. The lowest BCUT2D eigenvalue weighted by molar-refractivity contribution is -0.122. The maximum absolute atomic E-state index is 13.3. The predicted octanol–water partition coefficient (Wildman–Crippen LogP) is 4.38. The molecule has 1 fully saturated rings. The molecular formula is C28H39ClN4O4. The van der Waals surface area contributed by atoms with Crippen LogP contribution in [0.15, 0.2) is 42.5 Å². The van der Waals surface area contributed by atoms with E-state index in [1.54, 1.807) is 27.0 Å². The Morgan fingerprint density at radius 3 is 2.35 bits per heavy atom. The number of amides is 2. The standard InChI is InChI=1S/C28H39ClN4O4/c1-5-37-18-8-13-30-26(34)22-19-21(31-27(35)28(2,3)20-29)11-12-23(22)32-14-16-33(17-15-32)24-9-6-7-10-25(24)36-4/h6-7,9-12,19H,5,8,13-18,20H2,1-4H3,(H,30,34)(H,31,35). The van der Waals surface area contributed by atoms with Gasteiger partial charge in [-0.2, -0.15) is 0 Å². The van der Waals surface area contributed by atoms with Gasteiger partial charge >= 0.3 is 0 Å². The van der Waals surface area contributed by atoms with Crippen molar-refractivity contribution in [1.82, 2.24) is 5.32 Å². The fraction of sp³-hybridized carbons (Fsp3) is 0.500. The van der Waals surface area contributed by atoms with Gasteiger partial charge in [0.2, 0.25) is 5.91 Å². The first kappa shape index (κ1) is 28.6. The van der Waals surface area contributed by atoms with Crippen molar-refractivity contribution in [3.05, 3.63) is 48.0 Å². The molecule has 2 aromatic rings. The molecule has 0 aliphatic carbocycles. The number of benzene rings is 2. The van der Waals surface area contributed by atoms with Gasteiger partial charge in [-0.05, 0) is 57.5 Å². The fourth-order valence-electron chi connectivity index (χ4n) is 4.13. The summed E-state index contributed by atoms with van der Waals surface area (Å²) < 4.78 is 10.9. The smallest absolute Gasteiger partial charge is 0.253 e. The van der Waals surface area contributed by atoms with Crippen LogP contribution in [0.2, 0.25) is 0 Å². The highest BCUT2D eigenvalue weighted by Gasteiger charge is 2.28. The van der Waals surface area contributed by atoms with E-state index in [-0.39, 0.29) is 17.7 Å². The number of para-hydroxylation sites is 2. The molecule has 2 aromatic carbocycles. The van der Waals surface area contributed by atoms with Crippen molar-refractivity contribution in [2.75, 3.05) is 74.0 Å². The van der Waals surface area contributed by atoms with E-state index in [9.17, 15) is 9.59 Å². The molecule has 0 aromatic heterocycles. The van der Waals surface area contributed by atoms with Crippen LogP contribution >= 0.6 is 11.6 Å². The number of carbonyl (C=O) groups excluding carboxylic acids is 2. The Morgan fingerprint density at radius 2 is 1.70 bits per heavy atom. The highest BCUT2D eigenvalue weighted by molar-refractivity contribution is 6.20. The minimum Gasteiger partial charge on any atom is -0.495 e. The third-order valence-electron chi connectivity index (χ3n) is 6.45. The molecule has 0 unspecified atom stereocenters. The van der Waals surface area contributed by atoms with Gasteiger partial charge in [-0.1, -0.05) is 12.1 Å². The largest absolute Gasteiger partial charge is 0.495 e. The number of methoxy groups -OCH3 is 1. The molecule has 1 aliphatic heterocycles. The number of piperazine rings is 1. The molecule has 37 heavy (non-hydrogen) atoms. The third kappa shape index (κ3) is 7.52. The van der Waals surface area contributed by atoms with Gasteiger partial charge in [0.1, 0.15) is 5.75 Å². The lowest BCUT2D eigenvalue weighted by Crippen LogP contribution is -2.47. The Morgan fingerprint density at radius 1 is 1.03 bits per heavy atom. The minimum atomic E-state index is -0.725. The van der Waals surface area contributed by atoms with Crippen LogP contribution in [0.3, 0.4) is 0 Å². The van der Waals surface area contributed by atoms with Crippen LogP contribution in [0.25, 0.3) is 0 Å². The SMILES string of the molecule is CCOCCCNC(=O)c1cc(NC(=O)C(C)(C)CCl)ccc1N1CCN(c2ccccc2OC)CC1. The molecule has 1 heterocycles. The number of rotatable bonds is 12. The van der Waals surface area contributed by atoms with Gasteiger partial charge < -0.3 is 29.9 Å². The first-order chi connectivity index (χ1) is 17.8. The molecule has 1 saturated heterocycles. The van der Waals surface area contributed by atoms with Gasteiger partial charge in [0.15, 0.2) is 0 Å². The lowest BCUT2D eigenvalue weighted by atomic mass is 9.95. The van der Waals surface area contributed by atoms with Gasteiger partial charge in [0.05, 0.1) is 23.8 Å². The number of anilines is 3. The van der Waals surface area contributed by atoms with Gasteiger partial charge in [-0.25, -0.2) is 0 Å². The monoisotopic (exact) mass is 530 g/mol. The molecular weight excluding hydrogens is 492 g/mol. The second kappa shape index (κ2) is 13.5. The second-order valence-corrected chi connectivity index (χ2v) is 9.92. The Kier molecular flexibility index (Phi) is 10.5. The second-order valence-electron chi connectivity index (χ2n) is 9.66. The number of hydrogen-bond acceptors (Lipinski definition) is 6. The number of halogens is 1. The Balaban J connectivity index is 1.78. The first-order valence-electron chi connectivity index (χ1n) is 12.8. The van der Waals surface area contributed by atoms with Crippen molar-refractivity contribution in [2.45, 2.75) is 27.2 Å². The van der Waals surface area contributed by atoms with Crippen molar-refractivity contribution in [3.8, 4) is 5.75 Å². The van der Waals surface area contributed by atoms with Crippen LogP contribution in [0.4, 0.5) is 17.1 Å². The summed E-state index contributed by atoms with van der Waals surface area (Å²) in [6.07, 6.45) is 0.729. The van der Waals surface area contributed by atoms with Crippen LogP contribution in [-0.2, 0) is 9.53 Å². The zero-order chi connectivity index (χ0) is 26.8. The van der Waals surface area contributed by atoms with Gasteiger partial charge in [0, 0.05) is 63.2 Å². The zero-order valence-electron chi connectivity index (χ0n) is 22.3. The van der Waals surface area contributed by atoms with E-state index in [0.717, 1.165) is 49.7 Å². The highest BCUT2D eigenvalue weighted by atomic mass is 35.5. The number of ether oxygens (including phenoxy) is 2. The summed E-state index contributed by atoms with van der Waals surface area (Å²) in [5.41, 5.74) is 2.28. The fourth-order valence-corrected chi connectivity index (χ4v) is 4.25. The molecule has 1 aliphatic rings. The molecule has 2 amide bonds. The summed E-state index contributed by atoms with van der Waals surface area (Å²) in [6.45, 7) is 10.3. The van der Waals surface area contributed by atoms with E-state index in [1.165, 1.54) is 0 Å². The van der Waals surface area contributed by atoms with E-state index in [2.05, 4.69) is 26.5 Å². The van der Waals surface area contributed by atoms with Crippen LogP contribution in [-0.4, -0.2) is 70.7 Å². The van der Waals surface area contributed by atoms with E-state index in [4.69, 9.17) is 21.1 Å². The number of nitrogens with one attached hydrogen (secondary N) is 2. The summed E-state index contributed by atoms with van der Waals surface area (Å²) in [7, 11) is 1.68. The van der Waals surface area contributed by atoms with Crippen molar-refractivity contribution in [1.29, 1.82) is 0 Å². The molecule has 3 rings (SSSR count). The third-order valence-corrected chi connectivity index (χ3v) is 7.12. The van der Waals surface area contributed by atoms with Gasteiger partial charge in [-0.3, -0.25) is 9.59 Å². The molecule has 0 saturated carbocycles. The Bertz CT molecular complexity index is 1050.